The van der Waals surface area contributed by atoms with Gasteiger partial charge in [0.15, 0.2) is 0 Å². The van der Waals surface area contributed by atoms with Crippen LogP contribution in [-0.4, -0.2) is 31.0 Å². The molecule has 2 atom stereocenters. The number of esters is 2. The van der Waals surface area contributed by atoms with Gasteiger partial charge in [-0.05, 0) is 48.2 Å². The maximum atomic E-state index is 12.8. The van der Waals surface area contributed by atoms with E-state index in [1.807, 2.05) is 12.1 Å². The molecule has 2 unspecified atom stereocenters. The van der Waals surface area contributed by atoms with E-state index in [4.69, 9.17) is 55.9 Å². The van der Waals surface area contributed by atoms with Crippen LogP contribution in [0.3, 0.4) is 0 Å². The van der Waals surface area contributed by atoms with Crippen molar-refractivity contribution in [1.82, 2.24) is 19.1 Å². The van der Waals surface area contributed by atoms with Gasteiger partial charge in [-0.15, -0.1) is 0 Å². The first-order chi connectivity index (χ1) is 21.2. The first-order valence-electron chi connectivity index (χ1n) is 14.6. The molecule has 44 heavy (non-hydrogen) atoms. The number of unbranched alkanes of at least 4 members (excludes halogenated alkanes) is 2. The fraction of sp³-hybridized carbons (Fsp3) is 0.375. The molecule has 4 aromatic rings. The number of imidazole rings is 2. The summed E-state index contributed by atoms with van der Waals surface area (Å²) in [6.07, 6.45) is 12.0. The lowest BCUT2D eigenvalue weighted by Crippen LogP contribution is -2.28. The summed E-state index contributed by atoms with van der Waals surface area (Å²) < 4.78 is 14.1. The maximum absolute atomic E-state index is 12.8. The fourth-order valence-electron chi connectivity index (χ4n) is 5.06. The third-order valence-electron chi connectivity index (χ3n) is 7.34. The fourth-order valence-corrected chi connectivity index (χ4v) is 6.18. The van der Waals surface area contributed by atoms with E-state index in [1.54, 1.807) is 45.8 Å². The van der Waals surface area contributed by atoms with E-state index < -0.39 is 11.9 Å². The summed E-state index contributed by atoms with van der Waals surface area (Å²) in [6.45, 7) is 5.08. The second-order valence-electron chi connectivity index (χ2n) is 10.5. The molecule has 0 bridgehead atoms. The van der Waals surface area contributed by atoms with Crippen LogP contribution in [0.5, 0.6) is 12.0 Å². The summed E-state index contributed by atoms with van der Waals surface area (Å²) in [5.74, 6) is -2.43. The lowest BCUT2D eigenvalue weighted by atomic mass is 9.93. The summed E-state index contributed by atoms with van der Waals surface area (Å²) in [6, 6.07) is 10.8. The zero-order valence-electron chi connectivity index (χ0n) is 24.5. The Kier molecular flexibility index (Phi) is 12.6. The van der Waals surface area contributed by atoms with Crippen LogP contribution in [0.15, 0.2) is 61.2 Å². The molecule has 2 aromatic carbocycles. The number of rotatable bonds is 14. The lowest BCUT2D eigenvalue weighted by Gasteiger charge is -2.20. The summed E-state index contributed by atoms with van der Waals surface area (Å²) in [5, 5.41) is 2.22. The third kappa shape index (κ3) is 9.00. The molecule has 0 spiro atoms. The van der Waals surface area contributed by atoms with Gasteiger partial charge in [-0.25, -0.2) is 19.6 Å². The van der Waals surface area contributed by atoms with E-state index in [9.17, 15) is 9.59 Å². The Morgan fingerprint density at radius 3 is 1.48 bits per heavy atom. The van der Waals surface area contributed by atoms with Crippen LogP contribution in [0.4, 0.5) is 0 Å². The minimum Gasteiger partial charge on any atom is -0.383 e. The van der Waals surface area contributed by atoms with Gasteiger partial charge in [0.05, 0.1) is 0 Å². The molecule has 8 nitrogen and oxygen atoms in total. The molecule has 0 aliphatic carbocycles. The summed E-state index contributed by atoms with van der Waals surface area (Å²) >= 11 is 25.3. The standard InChI is InChI=1S/C32H34Cl4N4O4/c1-3-5-7-21(25-11-9-23(33)17-27(25)35)19-39-15-13-37-31(39)43-29(41)30(42)44-32-38-14-16-40(32)20-22(8-6-4-2)26-12-10-24(34)18-28(26)36/h9-18,21-22H,3-8,19-20H2,1-2H3. The summed E-state index contributed by atoms with van der Waals surface area (Å²) in [4.78, 5) is 34.0. The van der Waals surface area contributed by atoms with Crippen molar-refractivity contribution in [2.75, 3.05) is 0 Å². The minimum absolute atomic E-state index is 0.000551. The Labute approximate surface area is 277 Å². The maximum Gasteiger partial charge on any atom is 0.425 e. The van der Waals surface area contributed by atoms with Crippen molar-refractivity contribution in [2.24, 2.45) is 0 Å². The normalized spacial score (nSPS) is 12.6. The molecule has 0 N–H and O–H groups in total. The molecule has 0 saturated carbocycles. The number of hydrogen-bond acceptors (Lipinski definition) is 6. The molecular weight excluding hydrogens is 646 g/mol. The molecule has 0 fully saturated rings. The van der Waals surface area contributed by atoms with Gasteiger partial charge in [0, 0.05) is 69.8 Å². The van der Waals surface area contributed by atoms with Crippen molar-refractivity contribution >= 4 is 58.3 Å². The number of hydrogen-bond donors (Lipinski definition) is 0. The van der Waals surface area contributed by atoms with Gasteiger partial charge in [0.1, 0.15) is 0 Å². The lowest BCUT2D eigenvalue weighted by molar-refractivity contribution is -0.157. The predicted octanol–water partition coefficient (Wildman–Crippen LogP) is 9.15. The van der Waals surface area contributed by atoms with Gasteiger partial charge in [0.25, 0.3) is 0 Å². The van der Waals surface area contributed by atoms with Gasteiger partial charge >= 0.3 is 24.0 Å². The van der Waals surface area contributed by atoms with Crippen molar-refractivity contribution in [2.45, 2.75) is 77.3 Å². The van der Waals surface area contributed by atoms with Crippen molar-refractivity contribution in [3.63, 3.8) is 0 Å². The van der Waals surface area contributed by atoms with Gasteiger partial charge < -0.3 is 18.6 Å². The highest BCUT2D eigenvalue weighted by atomic mass is 35.5. The number of carbonyl (C=O) groups excluding carboxylic acids is 2. The van der Waals surface area contributed by atoms with Gasteiger partial charge in [-0.2, -0.15) is 0 Å². The summed E-state index contributed by atoms with van der Waals surface area (Å²) in [7, 11) is 0. The van der Waals surface area contributed by atoms with Crippen LogP contribution in [0, 0.1) is 0 Å². The number of carbonyl (C=O) groups is 2. The van der Waals surface area contributed by atoms with Crippen LogP contribution in [0.25, 0.3) is 0 Å². The molecule has 4 rings (SSSR count). The van der Waals surface area contributed by atoms with Gasteiger partial charge in [-0.3, -0.25) is 0 Å². The van der Waals surface area contributed by atoms with Crippen LogP contribution < -0.4 is 9.47 Å². The van der Waals surface area contributed by atoms with Crippen LogP contribution in [0.1, 0.15) is 75.3 Å². The quantitative estimate of drug-likeness (QED) is 0.0976. The molecule has 12 heteroatoms. The topological polar surface area (TPSA) is 88.2 Å². The second-order valence-corrected chi connectivity index (χ2v) is 12.2. The Hall–Kier alpha value is -3.04. The SMILES string of the molecule is CCCCC(Cn1ccnc1OC(=O)C(=O)Oc1nccn1CC(CCCC)c1ccc(Cl)cc1Cl)c1ccc(Cl)cc1Cl. The highest BCUT2D eigenvalue weighted by Gasteiger charge is 2.26. The average molecular weight is 680 g/mol. The van der Waals surface area contributed by atoms with E-state index in [1.165, 1.54) is 12.4 Å². The second kappa shape index (κ2) is 16.3. The average Bonchev–Trinajstić information content (AvgIpc) is 3.62. The van der Waals surface area contributed by atoms with Gasteiger partial charge in [-0.1, -0.05) is 98.1 Å². The van der Waals surface area contributed by atoms with Crippen molar-refractivity contribution in [3.05, 3.63) is 92.4 Å². The highest BCUT2D eigenvalue weighted by Crippen LogP contribution is 2.34. The zero-order chi connectivity index (χ0) is 31.6. The highest BCUT2D eigenvalue weighted by molar-refractivity contribution is 6.35. The first-order valence-corrected chi connectivity index (χ1v) is 16.1. The van der Waals surface area contributed by atoms with E-state index in [0.717, 1.165) is 49.7 Å². The predicted molar refractivity (Wildman–Crippen MR) is 173 cm³/mol. The number of ether oxygens (including phenoxy) is 2. The van der Waals surface area contributed by atoms with E-state index >= 15 is 0 Å². The number of aromatic nitrogens is 4. The van der Waals surface area contributed by atoms with E-state index in [0.29, 0.717) is 33.2 Å². The molecule has 0 aliphatic rings. The minimum atomic E-state index is -1.22. The largest absolute Gasteiger partial charge is 0.425 e. The first kappa shape index (κ1) is 33.8. The molecular formula is C32H34Cl4N4O4. The molecule has 2 aromatic heterocycles. The third-order valence-corrected chi connectivity index (χ3v) is 8.47. The number of halogens is 4. The number of benzene rings is 2. The van der Waals surface area contributed by atoms with Crippen LogP contribution in [0.2, 0.25) is 20.1 Å². The van der Waals surface area contributed by atoms with Crippen molar-refractivity contribution in [1.29, 1.82) is 0 Å². The molecule has 234 valence electrons. The monoisotopic (exact) mass is 678 g/mol. The zero-order valence-corrected chi connectivity index (χ0v) is 27.5. The smallest absolute Gasteiger partial charge is 0.383 e. The Morgan fingerprint density at radius 1 is 0.705 bits per heavy atom. The molecule has 2 heterocycles. The Balaban J connectivity index is 1.44. The Bertz CT molecular complexity index is 1460. The Morgan fingerprint density at radius 2 is 1.11 bits per heavy atom. The van der Waals surface area contributed by atoms with Crippen LogP contribution >= 0.6 is 46.4 Å². The van der Waals surface area contributed by atoms with E-state index in [-0.39, 0.29) is 23.9 Å². The molecule has 0 aliphatic heterocycles. The molecule has 0 amide bonds. The van der Waals surface area contributed by atoms with Gasteiger partial charge in [0.2, 0.25) is 0 Å². The van der Waals surface area contributed by atoms with Crippen molar-refractivity contribution in [3.8, 4) is 12.0 Å². The van der Waals surface area contributed by atoms with E-state index in [2.05, 4.69) is 23.8 Å². The van der Waals surface area contributed by atoms with Crippen LogP contribution in [-0.2, 0) is 22.7 Å². The molecule has 0 radical (unpaired) electrons. The summed E-state index contributed by atoms with van der Waals surface area (Å²) in [5.41, 5.74) is 1.86. The molecule has 0 saturated heterocycles. The number of nitrogens with zero attached hydrogens (tertiary/aromatic N) is 4. The van der Waals surface area contributed by atoms with Crippen molar-refractivity contribution < 1.29 is 19.1 Å².